The van der Waals surface area contributed by atoms with Crippen molar-refractivity contribution in [1.29, 1.82) is 0 Å². The van der Waals surface area contributed by atoms with Gasteiger partial charge in [-0.05, 0) is 37.6 Å². The van der Waals surface area contributed by atoms with E-state index in [1.54, 1.807) is 6.92 Å². The minimum atomic E-state index is -0.433. The number of amidine groups is 1. The van der Waals surface area contributed by atoms with Crippen LogP contribution in [0.3, 0.4) is 0 Å². The summed E-state index contributed by atoms with van der Waals surface area (Å²) in [4.78, 5) is 17.8. The van der Waals surface area contributed by atoms with Crippen LogP contribution < -0.4 is 10.2 Å². The van der Waals surface area contributed by atoms with Gasteiger partial charge < -0.3 is 9.64 Å². The van der Waals surface area contributed by atoms with E-state index in [9.17, 15) is 4.79 Å². The lowest BCUT2D eigenvalue weighted by atomic mass is 10.2. The van der Waals surface area contributed by atoms with Crippen LogP contribution >= 0.6 is 0 Å². The molecule has 0 saturated heterocycles. The summed E-state index contributed by atoms with van der Waals surface area (Å²) in [5.41, 5.74) is 1.76. The van der Waals surface area contributed by atoms with Crippen molar-refractivity contribution < 1.29 is 9.53 Å². The first-order chi connectivity index (χ1) is 10.1. The van der Waals surface area contributed by atoms with Gasteiger partial charge in [0.05, 0.1) is 6.61 Å². The Morgan fingerprint density at radius 3 is 2.48 bits per heavy atom. The molecule has 0 aliphatic heterocycles. The van der Waals surface area contributed by atoms with Gasteiger partial charge in [-0.1, -0.05) is 13.3 Å². The Balaban J connectivity index is 2.70. The number of anilines is 2. The third-order valence-electron chi connectivity index (χ3n) is 3.18. The second kappa shape index (κ2) is 9.00. The van der Waals surface area contributed by atoms with Gasteiger partial charge in [-0.25, -0.2) is 4.79 Å². The third-order valence-corrected chi connectivity index (χ3v) is 3.18. The quantitative estimate of drug-likeness (QED) is 0.638. The molecule has 1 N–H and O–H groups in total. The van der Waals surface area contributed by atoms with E-state index in [0.29, 0.717) is 12.3 Å². The third kappa shape index (κ3) is 5.45. The van der Waals surface area contributed by atoms with Gasteiger partial charge >= 0.3 is 6.09 Å². The molecule has 0 aliphatic carbocycles. The molecule has 0 unspecified atom stereocenters. The Morgan fingerprint density at radius 1 is 1.29 bits per heavy atom. The summed E-state index contributed by atoms with van der Waals surface area (Å²) in [5.74, 6) is 1.06. The van der Waals surface area contributed by atoms with Crippen molar-refractivity contribution in [3.8, 4) is 0 Å². The van der Waals surface area contributed by atoms with Gasteiger partial charge in [0.15, 0.2) is 0 Å². The fraction of sp³-hybridized carbons (Fsp3) is 0.500. The molecule has 0 fully saturated rings. The highest BCUT2D eigenvalue weighted by Crippen LogP contribution is 2.18. The first kappa shape index (κ1) is 17.0. The molecule has 0 aliphatic rings. The normalized spacial score (nSPS) is 11.1. The van der Waals surface area contributed by atoms with Gasteiger partial charge in [-0.15, -0.1) is 0 Å². The molecule has 1 rings (SSSR count). The first-order valence-corrected chi connectivity index (χ1v) is 7.35. The second-order valence-corrected chi connectivity index (χ2v) is 4.69. The van der Waals surface area contributed by atoms with Crippen molar-refractivity contribution in [3.63, 3.8) is 0 Å². The average Bonchev–Trinajstić information content (AvgIpc) is 2.48. The summed E-state index contributed by atoms with van der Waals surface area (Å²) in [6.45, 7) is 4.31. The maximum absolute atomic E-state index is 11.3. The number of carbonyl (C=O) groups is 1. The van der Waals surface area contributed by atoms with E-state index in [1.165, 1.54) is 0 Å². The molecule has 0 radical (unpaired) electrons. The van der Waals surface area contributed by atoms with Crippen molar-refractivity contribution in [2.45, 2.75) is 33.1 Å². The molecule has 0 heterocycles. The molecule has 1 aromatic rings. The van der Waals surface area contributed by atoms with Crippen molar-refractivity contribution >= 4 is 23.3 Å². The van der Waals surface area contributed by atoms with Crippen LogP contribution in [0.1, 0.15) is 33.1 Å². The van der Waals surface area contributed by atoms with Crippen molar-refractivity contribution in [2.24, 2.45) is 4.99 Å². The van der Waals surface area contributed by atoms with E-state index in [2.05, 4.69) is 22.1 Å². The van der Waals surface area contributed by atoms with Crippen LogP contribution in [-0.4, -0.2) is 32.6 Å². The molecular weight excluding hydrogens is 266 g/mol. The predicted octanol–water partition coefficient (Wildman–Crippen LogP) is 3.91. The average molecular weight is 291 g/mol. The van der Waals surface area contributed by atoms with E-state index < -0.39 is 6.09 Å². The predicted molar refractivity (Wildman–Crippen MR) is 88.4 cm³/mol. The molecule has 1 aromatic carbocycles. The zero-order valence-electron chi connectivity index (χ0n) is 13.3. The fourth-order valence-corrected chi connectivity index (χ4v) is 1.97. The summed E-state index contributed by atoms with van der Waals surface area (Å²) in [6, 6.07) is 7.63. The molecule has 0 bridgehead atoms. The Bertz CT molecular complexity index is 469. The molecule has 0 aromatic heterocycles. The molecule has 0 saturated carbocycles. The summed E-state index contributed by atoms with van der Waals surface area (Å²) in [7, 11) is 3.82. The molecule has 1 amide bonds. The number of nitrogens with zero attached hydrogens (tertiary/aromatic N) is 2. The Hall–Kier alpha value is -2.04. The number of hydrogen-bond acceptors (Lipinski definition) is 3. The Labute approximate surface area is 127 Å². The SMILES string of the molecule is CCCCC(=NC)N(C)c1ccc(NC(=O)OCC)cc1. The van der Waals surface area contributed by atoms with Crippen molar-refractivity contribution in [2.75, 3.05) is 30.9 Å². The molecule has 0 atom stereocenters. The smallest absolute Gasteiger partial charge is 0.411 e. The molecule has 5 heteroatoms. The van der Waals surface area contributed by atoms with E-state index in [1.807, 2.05) is 38.4 Å². The van der Waals surface area contributed by atoms with Gasteiger partial charge in [-0.3, -0.25) is 10.3 Å². The largest absolute Gasteiger partial charge is 0.450 e. The zero-order chi connectivity index (χ0) is 15.7. The van der Waals surface area contributed by atoms with Gasteiger partial charge in [-0.2, -0.15) is 0 Å². The first-order valence-electron chi connectivity index (χ1n) is 7.35. The molecule has 21 heavy (non-hydrogen) atoms. The van der Waals surface area contributed by atoms with Crippen LogP contribution in [0.15, 0.2) is 29.3 Å². The van der Waals surface area contributed by atoms with Crippen LogP contribution in [0.25, 0.3) is 0 Å². The maximum Gasteiger partial charge on any atom is 0.411 e. The number of benzene rings is 1. The molecule has 5 nitrogen and oxygen atoms in total. The number of aliphatic imine (C=N–C) groups is 1. The summed E-state index contributed by atoms with van der Waals surface area (Å²) in [6.07, 6.45) is 2.80. The minimum Gasteiger partial charge on any atom is -0.450 e. The molecule has 116 valence electrons. The number of unbranched alkanes of at least 4 members (excludes halogenated alkanes) is 1. The number of ether oxygens (including phenoxy) is 1. The topological polar surface area (TPSA) is 53.9 Å². The van der Waals surface area contributed by atoms with Crippen LogP contribution in [-0.2, 0) is 4.74 Å². The Morgan fingerprint density at radius 2 is 1.95 bits per heavy atom. The maximum atomic E-state index is 11.3. The number of carbonyl (C=O) groups excluding carboxylic acids is 1. The fourth-order valence-electron chi connectivity index (χ4n) is 1.97. The van der Waals surface area contributed by atoms with Gasteiger partial charge in [0, 0.05) is 31.9 Å². The minimum absolute atomic E-state index is 0.362. The highest BCUT2D eigenvalue weighted by atomic mass is 16.5. The lowest BCUT2D eigenvalue weighted by Crippen LogP contribution is -2.26. The highest BCUT2D eigenvalue weighted by Gasteiger charge is 2.08. The molecular formula is C16H25N3O2. The van der Waals surface area contributed by atoms with E-state index in [4.69, 9.17) is 4.74 Å². The lowest BCUT2D eigenvalue weighted by Gasteiger charge is -2.21. The summed E-state index contributed by atoms with van der Waals surface area (Å²) in [5, 5.41) is 2.68. The number of nitrogens with one attached hydrogen (secondary N) is 1. The van der Waals surface area contributed by atoms with Gasteiger partial charge in [0.25, 0.3) is 0 Å². The van der Waals surface area contributed by atoms with Crippen molar-refractivity contribution in [1.82, 2.24) is 0 Å². The standard InChI is InChI=1S/C16H25N3O2/c1-5-7-8-15(17-3)19(4)14-11-9-13(10-12-14)18-16(20)21-6-2/h9-12H,5-8H2,1-4H3,(H,18,20). The zero-order valence-corrected chi connectivity index (χ0v) is 13.3. The summed E-state index contributed by atoms with van der Waals surface area (Å²) >= 11 is 0. The number of rotatable bonds is 6. The van der Waals surface area contributed by atoms with Gasteiger partial charge in [0.2, 0.25) is 0 Å². The van der Waals surface area contributed by atoms with Crippen LogP contribution in [0.5, 0.6) is 0 Å². The van der Waals surface area contributed by atoms with E-state index in [-0.39, 0.29) is 0 Å². The van der Waals surface area contributed by atoms with Gasteiger partial charge in [0.1, 0.15) is 5.84 Å². The van der Waals surface area contributed by atoms with Crippen LogP contribution in [0, 0.1) is 0 Å². The van der Waals surface area contributed by atoms with E-state index >= 15 is 0 Å². The Kier molecular flexibility index (Phi) is 7.29. The second-order valence-electron chi connectivity index (χ2n) is 4.69. The number of hydrogen-bond donors (Lipinski definition) is 1. The highest BCUT2D eigenvalue weighted by molar-refractivity contribution is 5.97. The van der Waals surface area contributed by atoms with Crippen LogP contribution in [0.2, 0.25) is 0 Å². The summed E-state index contributed by atoms with van der Waals surface area (Å²) < 4.78 is 4.84. The number of amides is 1. The van der Waals surface area contributed by atoms with E-state index in [0.717, 1.165) is 30.8 Å². The monoisotopic (exact) mass is 291 g/mol. The van der Waals surface area contributed by atoms with Crippen molar-refractivity contribution in [3.05, 3.63) is 24.3 Å². The van der Waals surface area contributed by atoms with Crippen LogP contribution in [0.4, 0.5) is 16.2 Å². The molecule has 0 spiro atoms. The lowest BCUT2D eigenvalue weighted by molar-refractivity contribution is 0.168.